The lowest BCUT2D eigenvalue weighted by atomic mass is 9.96. The molecular weight excluding hydrogens is 511 g/mol. The number of halogens is 1. The van der Waals surface area contributed by atoms with E-state index in [2.05, 4.69) is 11.1 Å². The number of amides is 1. The van der Waals surface area contributed by atoms with Crippen LogP contribution < -0.4 is 4.90 Å². The van der Waals surface area contributed by atoms with E-state index >= 15 is 0 Å². The molecule has 5 rings (SSSR count). The summed E-state index contributed by atoms with van der Waals surface area (Å²) in [7, 11) is -3.98. The van der Waals surface area contributed by atoms with E-state index in [4.69, 9.17) is 4.98 Å². The number of aromatic nitrogens is 2. The molecule has 0 aliphatic carbocycles. The Bertz CT molecular complexity index is 1510. The molecule has 0 saturated carbocycles. The number of rotatable bonds is 6. The summed E-state index contributed by atoms with van der Waals surface area (Å²) < 4.78 is 42.6. The zero-order chi connectivity index (χ0) is 26.2. The fourth-order valence-electron chi connectivity index (χ4n) is 4.61. The summed E-state index contributed by atoms with van der Waals surface area (Å²) >= 11 is 1.48. The van der Waals surface area contributed by atoms with Gasteiger partial charge in [0.05, 0.1) is 22.5 Å². The number of thiazole rings is 1. The van der Waals surface area contributed by atoms with Gasteiger partial charge in [-0.3, -0.25) is 14.7 Å². The number of benzene rings is 2. The first-order chi connectivity index (χ1) is 17.8. The van der Waals surface area contributed by atoms with Crippen molar-refractivity contribution in [2.75, 3.05) is 18.0 Å². The maximum atomic E-state index is 14.2. The van der Waals surface area contributed by atoms with E-state index < -0.39 is 15.8 Å². The fourth-order valence-corrected chi connectivity index (χ4v) is 7.26. The summed E-state index contributed by atoms with van der Waals surface area (Å²) in [5, 5.41) is 0.601. The molecule has 1 aliphatic rings. The second kappa shape index (κ2) is 10.3. The zero-order valence-corrected chi connectivity index (χ0v) is 22.2. The van der Waals surface area contributed by atoms with Crippen molar-refractivity contribution in [3.63, 3.8) is 0 Å². The molecule has 0 bridgehead atoms. The van der Waals surface area contributed by atoms with Crippen LogP contribution in [-0.2, 0) is 21.4 Å². The predicted octanol–water partition coefficient (Wildman–Crippen LogP) is 5.08. The molecule has 1 fully saturated rings. The first-order valence-corrected chi connectivity index (χ1v) is 14.3. The summed E-state index contributed by atoms with van der Waals surface area (Å²) in [5.41, 5.74) is 3.76. The van der Waals surface area contributed by atoms with Gasteiger partial charge in [0, 0.05) is 25.2 Å². The maximum absolute atomic E-state index is 14.2. The monoisotopic (exact) mass is 538 g/mol. The highest BCUT2D eigenvalue weighted by atomic mass is 32.2. The third-order valence-electron chi connectivity index (χ3n) is 6.73. The minimum Gasteiger partial charge on any atom is -0.282 e. The average molecular weight is 539 g/mol. The Morgan fingerprint density at radius 3 is 2.43 bits per heavy atom. The number of sulfonamides is 1. The Labute approximate surface area is 219 Å². The molecule has 2 aromatic carbocycles. The summed E-state index contributed by atoms with van der Waals surface area (Å²) in [6.07, 6.45) is 2.37. The molecule has 1 saturated heterocycles. The molecule has 0 atom stereocenters. The van der Waals surface area contributed by atoms with E-state index in [0.29, 0.717) is 18.0 Å². The van der Waals surface area contributed by atoms with Crippen LogP contribution in [0.1, 0.15) is 29.7 Å². The first-order valence-electron chi connectivity index (χ1n) is 12.1. The molecule has 37 heavy (non-hydrogen) atoms. The molecule has 1 aliphatic heterocycles. The standard InChI is InChI=1S/C27H27FN4O3S2/c1-18-10-11-19(2)25-24(18)30-27(36-25)32(17-21-7-5-6-14-29-21)26(33)20-12-15-31(16-13-20)37(34,35)23-9-4-3-8-22(23)28/h3-11,14,20H,12-13,15-17H2,1-2H3. The Balaban J connectivity index is 1.40. The number of carbonyl (C=O) groups excluding carboxylic acids is 1. The third kappa shape index (κ3) is 5.01. The predicted molar refractivity (Wildman–Crippen MR) is 142 cm³/mol. The lowest BCUT2D eigenvalue weighted by Crippen LogP contribution is -2.44. The van der Waals surface area contributed by atoms with E-state index in [1.807, 2.05) is 38.1 Å². The Morgan fingerprint density at radius 1 is 1.05 bits per heavy atom. The van der Waals surface area contributed by atoms with Crippen LogP contribution in [0.4, 0.5) is 9.52 Å². The summed E-state index contributed by atoms with van der Waals surface area (Å²) in [6.45, 7) is 4.58. The van der Waals surface area contributed by atoms with Gasteiger partial charge in [-0.1, -0.05) is 41.7 Å². The SMILES string of the molecule is Cc1ccc(C)c2sc(N(Cc3ccccn3)C(=O)C3CCN(S(=O)(=O)c4ccccc4F)CC3)nc12. The van der Waals surface area contributed by atoms with E-state index in [1.165, 1.54) is 33.8 Å². The summed E-state index contributed by atoms with van der Waals surface area (Å²) in [4.78, 5) is 24.5. The van der Waals surface area contributed by atoms with Gasteiger partial charge in [0.15, 0.2) is 5.13 Å². The van der Waals surface area contributed by atoms with Crippen LogP contribution in [0.15, 0.2) is 65.7 Å². The topological polar surface area (TPSA) is 83.5 Å². The minimum absolute atomic E-state index is 0.108. The highest BCUT2D eigenvalue weighted by Gasteiger charge is 2.36. The number of nitrogens with zero attached hydrogens (tertiary/aromatic N) is 4. The second-order valence-corrected chi connectivity index (χ2v) is 12.1. The highest BCUT2D eigenvalue weighted by Crippen LogP contribution is 2.35. The highest BCUT2D eigenvalue weighted by molar-refractivity contribution is 7.89. The second-order valence-electron chi connectivity index (χ2n) is 9.23. The van der Waals surface area contributed by atoms with Crippen molar-refractivity contribution in [3.8, 4) is 0 Å². The van der Waals surface area contributed by atoms with Gasteiger partial charge < -0.3 is 0 Å². The van der Waals surface area contributed by atoms with Crippen molar-refractivity contribution >= 4 is 42.6 Å². The summed E-state index contributed by atoms with van der Waals surface area (Å²) in [6, 6.07) is 15.0. The van der Waals surface area contributed by atoms with Gasteiger partial charge in [-0.15, -0.1) is 0 Å². The van der Waals surface area contributed by atoms with Gasteiger partial charge in [-0.05, 0) is 62.1 Å². The van der Waals surface area contributed by atoms with E-state index in [9.17, 15) is 17.6 Å². The number of hydrogen-bond donors (Lipinski definition) is 0. The number of carbonyl (C=O) groups is 1. The third-order valence-corrected chi connectivity index (χ3v) is 9.88. The fraction of sp³-hybridized carbons (Fsp3) is 0.296. The quantitative estimate of drug-likeness (QED) is 0.342. The van der Waals surface area contributed by atoms with Crippen LogP contribution in [0, 0.1) is 25.6 Å². The molecule has 10 heteroatoms. The lowest BCUT2D eigenvalue weighted by molar-refractivity contribution is -0.123. The Hall–Kier alpha value is -3.21. The van der Waals surface area contributed by atoms with Crippen LogP contribution in [-0.4, -0.2) is 41.7 Å². The summed E-state index contributed by atoms with van der Waals surface area (Å²) in [5.74, 6) is -1.27. The molecule has 3 heterocycles. The smallest absolute Gasteiger partial charge is 0.245 e. The van der Waals surface area contributed by atoms with Crippen molar-refractivity contribution in [2.45, 2.75) is 38.1 Å². The molecule has 0 spiro atoms. The molecule has 7 nitrogen and oxygen atoms in total. The molecule has 2 aromatic heterocycles. The number of anilines is 1. The number of aryl methyl sites for hydroxylation is 2. The minimum atomic E-state index is -3.98. The van der Waals surface area contributed by atoms with Crippen LogP contribution in [0.3, 0.4) is 0 Å². The van der Waals surface area contributed by atoms with Crippen LogP contribution in [0.2, 0.25) is 0 Å². The van der Waals surface area contributed by atoms with Gasteiger partial charge in [0.1, 0.15) is 10.7 Å². The number of hydrogen-bond acceptors (Lipinski definition) is 6. The first kappa shape index (κ1) is 25.4. The van der Waals surface area contributed by atoms with Crippen LogP contribution in [0.25, 0.3) is 10.2 Å². The van der Waals surface area contributed by atoms with Gasteiger partial charge >= 0.3 is 0 Å². The van der Waals surface area contributed by atoms with Crippen molar-refractivity contribution in [1.82, 2.24) is 14.3 Å². The Morgan fingerprint density at radius 2 is 1.76 bits per heavy atom. The van der Waals surface area contributed by atoms with Crippen LogP contribution >= 0.6 is 11.3 Å². The van der Waals surface area contributed by atoms with Crippen molar-refractivity contribution in [1.29, 1.82) is 0 Å². The van der Waals surface area contributed by atoms with Crippen molar-refractivity contribution in [3.05, 3.63) is 83.4 Å². The molecule has 192 valence electrons. The van der Waals surface area contributed by atoms with Crippen molar-refractivity contribution < 1.29 is 17.6 Å². The van der Waals surface area contributed by atoms with E-state index in [-0.39, 0.29) is 36.4 Å². The molecule has 0 radical (unpaired) electrons. The van der Waals surface area contributed by atoms with Gasteiger partial charge in [-0.2, -0.15) is 4.31 Å². The molecule has 1 amide bonds. The number of pyridine rings is 1. The van der Waals surface area contributed by atoms with Crippen LogP contribution in [0.5, 0.6) is 0 Å². The van der Waals surface area contributed by atoms with E-state index in [1.54, 1.807) is 11.1 Å². The molecule has 0 unspecified atom stereocenters. The zero-order valence-electron chi connectivity index (χ0n) is 20.6. The maximum Gasteiger partial charge on any atom is 0.245 e. The number of piperidine rings is 1. The Kier molecular flexibility index (Phi) is 7.06. The van der Waals surface area contributed by atoms with Gasteiger partial charge in [0.2, 0.25) is 15.9 Å². The van der Waals surface area contributed by atoms with Crippen molar-refractivity contribution in [2.24, 2.45) is 5.92 Å². The molecular formula is C27H27FN4O3S2. The molecule has 4 aromatic rings. The average Bonchev–Trinajstić information content (AvgIpc) is 3.37. The van der Waals surface area contributed by atoms with Gasteiger partial charge in [-0.25, -0.2) is 17.8 Å². The normalized spacial score (nSPS) is 15.2. The van der Waals surface area contributed by atoms with E-state index in [0.717, 1.165) is 33.1 Å². The largest absolute Gasteiger partial charge is 0.282 e. The van der Waals surface area contributed by atoms with Gasteiger partial charge in [0.25, 0.3) is 0 Å². The lowest BCUT2D eigenvalue weighted by Gasteiger charge is -2.33. The number of fused-ring (bicyclic) bond motifs is 1. The molecule has 0 N–H and O–H groups in total.